The number of amides is 2. The van der Waals surface area contributed by atoms with Gasteiger partial charge in [-0.1, -0.05) is 123 Å². The fourth-order valence-electron chi connectivity index (χ4n) is 11.4. The molecule has 2 amide bonds. The van der Waals surface area contributed by atoms with E-state index in [9.17, 15) is 24.0 Å². The first-order chi connectivity index (χ1) is 32.1. The van der Waals surface area contributed by atoms with Crippen molar-refractivity contribution in [3.05, 3.63) is 117 Å². The second-order valence-electron chi connectivity index (χ2n) is 20.1. The van der Waals surface area contributed by atoms with Gasteiger partial charge in [0.05, 0.1) is 11.1 Å². The first-order valence-electron chi connectivity index (χ1n) is 26.0. The molecule has 0 aliphatic heterocycles. The molecule has 2 N–H and O–H groups in total. The second-order valence-corrected chi connectivity index (χ2v) is 20.1. The highest BCUT2D eigenvalue weighted by Gasteiger charge is 2.51. The third-order valence-corrected chi connectivity index (χ3v) is 15.5. The highest BCUT2D eigenvalue weighted by molar-refractivity contribution is 6.40. The molecular formula is C58H74N2O6. The minimum atomic E-state index is -1.56. The molecule has 2 saturated carbocycles. The number of benzene rings is 2. The third kappa shape index (κ3) is 11.2. The number of hydrogen-bond acceptors (Lipinski definition) is 6. The summed E-state index contributed by atoms with van der Waals surface area (Å²) in [7, 11) is 0. The van der Waals surface area contributed by atoms with Crippen LogP contribution in [0.25, 0.3) is 0 Å². The molecule has 8 heteroatoms. The summed E-state index contributed by atoms with van der Waals surface area (Å²) in [4.78, 5) is 86.5. The molecule has 2 aromatic rings. The van der Waals surface area contributed by atoms with Crippen molar-refractivity contribution in [2.24, 2.45) is 23.7 Å². The van der Waals surface area contributed by atoms with Crippen molar-refractivity contribution >= 4 is 34.9 Å². The van der Waals surface area contributed by atoms with Crippen LogP contribution >= 0.6 is 0 Å². The van der Waals surface area contributed by atoms with Crippen LogP contribution in [-0.2, 0) is 19.2 Å². The summed E-state index contributed by atoms with van der Waals surface area (Å²) in [6.07, 6.45) is 26.6. The number of carbonyl (C=O) groups is 6. The normalized spacial score (nSPS) is 24.4. The number of carbonyl (C=O) groups excluding carboxylic acids is 6. The topological polar surface area (TPSA) is 126 Å². The van der Waals surface area contributed by atoms with E-state index in [2.05, 4.69) is 24.5 Å². The Bertz CT molecular complexity index is 2240. The van der Waals surface area contributed by atoms with Crippen molar-refractivity contribution in [1.29, 1.82) is 0 Å². The lowest BCUT2D eigenvalue weighted by Gasteiger charge is -2.35. The van der Waals surface area contributed by atoms with Gasteiger partial charge in [0.1, 0.15) is 5.92 Å². The van der Waals surface area contributed by atoms with Gasteiger partial charge in [0.25, 0.3) is 11.8 Å². The van der Waals surface area contributed by atoms with Crippen LogP contribution < -0.4 is 10.6 Å². The van der Waals surface area contributed by atoms with Gasteiger partial charge in [-0.15, -0.1) is 0 Å². The van der Waals surface area contributed by atoms with Crippen LogP contribution in [-0.4, -0.2) is 34.9 Å². The molecule has 2 aromatic carbocycles. The fourth-order valence-corrected chi connectivity index (χ4v) is 11.4. The van der Waals surface area contributed by atoms with Crippen molar-refractivity contribution in [2.45, 2.75) is 181 Å². The zero-order valence-corrected chi connectivity index (χ0v) is 40.2. The van der Waals surface area contributed by atoms with Crippen LogP contribution in [0.4, 0.5) is 0 Å². The van der Waals surface area contributed by atoms with E-state index in [0.29, 0.717) is 54.2 Å². The van der Waals surface area contributed by atoms with E-state index in [1.807, 2.05) is 62.4 Å². The van der Waals surface area contributed by atoms with Gasteiger partial charge in [0.2, 0.25) is 0 Å². The molecule has 2 fully saturated rings. The Morgan fingerprint density at radius 3 is 1.53 bits per heavy atom. The number of allylic oxidation sites excluding steroid dienone is 6. The fraction of sp³-hybridized carbons (Fsp3) is 0.552. The van der Waals surface area contributed by atoms with Crippen LogP contribution in [0.15, 0.2) is 94.4 Å². The Balaban J connectivity index is 1.13. The smallest absolute Gasteiger partial charge is 0.255 e. The lowest BCUT2D eigenvalue weighted by atomic mass is 9.66. The summed E-state index contributed by atoms with van der Waals surface area (Å²) in [6, 6.07) is 15.3. The molecule has 0 aromatic heterocycles. The summed E-state index contributed by atoms with van der Waals surface area (Å²) >= 11 is 0. The first kappa shape index (κ1) is 48.9. The Morgan fingerprint density at radius 2 is 1.03 bits per heavy atom. The van der Waals surface area contributed by atoms with Crippen molar-refractivity contribution < 1.29 is 28.8 Å². The lowest BCUT2D eigenvalue weighted by molar-refractivity contribution is -0.132. The second kappa shape index (κ2) is 23.2. The minimum Gasteiger partial charge on any atom is -0.322 e. The summed E-state index contributed by atoms with van der Waals surface area (Å²) in [5.74, 6) is -3.23. The molecule has 0 radical (unpaired) electrons. The van der Waals surface area contributed by atoms with Crippen LogP contribution in [0.2, 0.25) is 0 Å². The van der Waals surface area contributed by atoms with E-state index >= 15 is 4.79 Å². The maximum absolute atomic E-state index is 15.0. The summed E-state index contributed by atoms with van der Waals surface area (Å²) in [5.41, 5.74) is 3.04. The first-order valence-corrected chi connectivity index (χ1v) is 26.0. The van der Waals surface area contributed by atoms with Gasteiger partial charge in [0.15, 0.2) is 23.1 Å². The van der Waals surface area contributed by atoms with Gasteiger partial charge in [-0.05, 0) is 147 Å². The molecule has 0 bridgehead atoms. The predicted octanol–water partition coefficient (Wildman–Crippen LogP) is 12.8. The Kier molecular flexibility index (Phi) is 17.2. The molecule has 2 atom stereocenters. The largest absolute Gasteiger partial charge is 0.322 e. The Labute approximate surface area is 394 Å². The maximum Gasteiger partial charge on any atom is 0.255 e. The average Bonchev–Trinajstić information content (AvgIpc) is 3.33. The number of Topliss-reactive ketones (excluding diaryl/α,β-unsaturated/α-hetero) is 4. The molecular weight excluding hydrogens is 821 g/mol. The van der Waals surface area contributed by atoms with Gasteiger partial charge in [-0.25, -0.2) is 0 Å². The van der Waals surface area contributed by atoms with Crippen molar-refractivity contribution in [3.63, 3.8) is 0 Å². The number of fused-ring (bicyclic) bond motifs is 1. The molecule has 0 saturated heterocycles. The van der Waals surface area contributed by atoms with E-state index in [1.165, 1.54) is 88.2 Å². The number of ketones is 4. The van der Waals surface area contributed by atoms with Gasteiger partial charge in [-0.3, -0.25) is 28.8 Å². The predicted molar refractivity (Wildman–Crippen MR) is 262 cm³/mol. The highest BCUT2D eigenvalue weighted by atomic mass is 16.2. The van der Waals surface area contributed by atoms with Gasteiger partial charge < -0.3 is 10.6 Å². The molecule has 0 heterocycles. The molecule has 352 valence electrons. The molecule has 5 aliphatic carbocycles. The van der Waals surface area contributed by atoms with Crippen LogP contribution in [0.3, 0.4) is 0 Å². The zero-order chi connectivity index (χ0) is 46.7. The maximum atomic E-state index is 15.0. The van der Waals surface area contributed by atoms with Gasteiger partial charge in [0, 0.05) is 34.0 Å². The number of rotatable bonds is 20. The lowest BCUT2D eigenvalue weighted by Crippen LogP contribution is -2.47. The minimum absolute atomic E-state index is 0.0860. The van der Waals surface area contributed by atoms with Crippen LogP contribution in [0.5, 0.6) is 0 Å². The highest BCUT2D eigenvalue weighted by Crippen LogP contribution is 2.43. The van der Waals surface area contributed by atoms with Gasteiger partial charge >= 0.3 is 0 Å². The average molecular weight is 895 g/mol. The standard InChI is InChI=1S/C58H74N2O6/c1-5-9-13-15-37-19-23-39(24-20-37)41-27-31-43(32-28-41)57(65)59-47-35-45(17-11-7-3)53(61)51-49(47)55(63)50-48(36-46(18-12-8-4)54(62)52(50)56(51)64)60-58(66)44-33-29-42(30-34-44)40-25-21-38(22-26-40)16-14-10-6-2/h27-40,45,52H,5-26H2,1-4H3,(H,59,65)(H,60,66). The van der Waals surface area contributed by atoms with Gasteiger partial charge in [-0.2, -0.15) is 0 Å². The van der Waals surface area contributed by atoms with Crippen LogP contribution in [0, 0.1) is 23.7 Å². The Hall–Kier alpha value is -4.98. The van der Waals surface area contributed by atoms with Crippen molar-refractivity contribution in [1.82, 2.24) is 10.6 Å². The monoisotopic (exact) mass is 895 g/mol. The SMILES string of the molecule is CCCCCC1CCC(c2ccc(C(=O)NC3=CC(CCCC)C(=O)C4=C3C(=O)C3=C(NC(=O)c5ccc(C6CCC(CCCCC)CC6)cc5)C=C(CCCC)C(=O)C3C4=O)cc2)CC1. The van der Waals surface area contributed by atoms with E-state index in [1.54, 1.807) is 12.2 Å². The molecule has 5 aliphatic rings. The van der Waals surface area contributed by atoms with E-state index in [-0.39, 0.29) is 28.1 Å². The van der Waals surface area contributed by atoms with Crippen LogP contribution in [0.1, 0.15) is 213 Å². The van der Waals surface area contributed by atoms with Crippen molar-refractivity contribution in [2.75, 3.05) is 0 Å². The Morgan fingerprint density at radius 1 is 0.530 bits per heavy atom. The zero-order valence-electron chi connectivity index (χ0n) is 40.2. The molecule has 0 spiro atoms. The third-order valence-electron chi connectivity index (χ3n) is 15.5. The molecule has 8 nitrogen and oxygen atoms in total. The molecule has 66 heavy (non-hydrogen) atoms. The molecule has 7 rings (SSSR count). The summed E-state index contributed by atoms with van der Waals surface area (Å²) in [5, 5.41) is 5.88. The number of hydrogen-bond donors (Lipinski definition) is 2. The summed E-state index contributed by atoms with van der Waals surface area (Å²) < 4.78 is 0. The van der Waals surface area contributed by atoms with Crippen molar-refractivity contribution in [3.8, 4) is 0 Å². The molecule has 2 unspecified atom stereocenters. The number of unbranched alkanes of at least 4 members (excludes halogenated alkanes) is 6. The quantitative estimate of drug-likeness (QED) is 0.0774. The van der Waals surface area contributed by atoms with E-state index < -0.39 is 46.8 Å². The number of nitrogens with one attached hydrogen (secondary N) is 2. The van der Waals surface area contributed by atoms with E-state index in [0.717, 1.165) is 50.4 Å². The van der Waals surface area contributed by atoms with E-state index in [4.69, 9.17) is 0 Å². The summed E-state index contributed by atoms with van der Waals surface area (Å²) in [6.45, 7) is 8.50.